The van der Waals surface area contributed by atoms with Crippen LogP contribution in [-0.4, -0.2) is 56.6 Å². The van der Waals surface area contributed by atoms with Crippen molar-refractivity contribution in [2.75, 3.05) is 32.3 Å². The van der Waals surface area contributed by atoms with Gasteiger partial charge in [0.2, 0.25) is 5.89 Å². The minimum atomic E-state index is -2.97. The van der Waals surface area contributed by atoms with Gasteiger partial charge in [0.25, 0.3) is 0 Å². The highest BCUT2D eigenvalue weighted by Crippen LogP contribution is 2.34. The Morgan fingerprint density at radius 3 is 2.75 bits per heavy atom. The molecule has 152 valence electrons. The van der Waals surface area contributed by atoms with E-state index in [4.69, 9.17) is 13.9 Å². The molecule has 8 heteroatoms. The molecule has 0 bridgehead atoms. The Morgan fingerprint density at radius 2 is 2.14 bits per heavy atom. The van der Waals surface area contributed by atoms with Gasteiger partial charge in [-0.05, 0) is 31.5 Å². The van der Waals surface area contributed by atoms with E-state index in [0.29, 0.717) is 48.2 Å². The van der Waals surface area contributed by atoms with E-state index in [0.717, 1.165) is 5.69 Å². The lowest BCUT2D eigenvalue weighted by Crippen LogP contribution is -2.36. The van der Waals surface area contributed by atoms with Crippen molar-refractivity contribution in [3.05, 3.63) is 42.3 Å². The Kier molecular flexibility index (Phi) is 6.10. The summed E-state index contributed by atoms with van der Waals surface area (Å²) in [6.45, 7) is 6.74. The number of hydrogen-bond acceptors (Lipinski definition) is 7. The van der Waals surface area contributed by atoms with E-state index < -0.39 is 9.84 Å². The zero-order valence-corrected chi connectivity index (χ0v) is 17.3. The molecule has 0 radical (unpaired) electrons. The van der Waals surface area contributed by atoms with Crippen molar-refractivity contribution in [3.8, 4) is 23.0 Å². The fourth-order valence-electron chi connectivity index (χ4n) is 3.44. The van der Waals surface area contributed by atoms with Gasteiger partial charge >= 0.3 is 0 Å². The van der Waals surface area contributed by atoms with Crippen LogP contribution in [0.5, 0.6) is 11.5 Å². The summed E-state index contributed by atoms with van der Waals surface area (Å²) < 4.78 is 40.4. The Hall–Kier alpha value is -2.32. The largest absolute Gasteiger partial charge is 0.497 e. The van der Waals surface area contributed by atoms with Crippen LogP contribution in [0.25, 0.3) is 11.5 Å². The smallest absolute Gasteiger partial charge is 0.230 e. The van der Waals surface area contributed by atoms with Gasteiger partial charge in [-0.3, -0.25) is 4.90 Å². The molecule has 7 nitrogen and oxygen atoms in total. The summed E-state index contributed by atoms with van der Waals surface area (Å²) in [5.74, 6) is 2.86. The average molecular weight is 407 g/mol. The second kappa shape index (κ2) is 8.36. The molecule has 1 aliphatic rings. The fraction of sp³-hybridized carbons (Fsp3) is 0.450. The van der Waals surface area contributed by atoms with Crippen LogP contribution in [0.15, 0.2) is 35.3 Å². The number of benzene rings is 1. The Bertz CT molecular complexity index is 952. The third-order valence-electron chi connectivity index (χ3n) is 4.97. The normalized spacial score (nSPS) is 18.4. The van der Waals surface area contributed by atoms with Crippen molar-refractivity contribution in [1.29, 1.82) is 0 Å². The topological polar surface area (TPSA) is 81.9 Å². The first-order valence-corrected chi connectivity index (χ1v) is 10.9. The first-order valence-electron chi connectivity index (χ1n) is 9.11. The molecule has 1 atom stereocenters. The molecule has 1 aromatic carbocycles. The van der Waals surface area contributed by atoms with E-state index in [9.17, 15) is 8.42 Å². The van der Waals surface area contributed by atoms with Crippen molar-refractivity contribution >= 4 is 9.84 Å². The third kappa shape index (κ3) is 4.39. The second-order valence-electron chi connectivity index (χ2n) is 6.86. The first kappa shape index (κ1) is 20.4. The summed E-state index contributed by atoms with van der Waals surface area (Å²) in [6.07, 6.45) is 2.41. The molecule has 1 aliphatic heterocycles. The number of oxazole rings is 1. The van der Waals surface area contributed by atoms with Gasteiger partial charge in [0.15, 0.2) is 9.84 Å². The molecule has 0 spiro atoms. The fourth-order valence-corrected chi connectivity index (χ4v) is 5.20. The lowest BCUT2D eigenvalue weighted by Gasteiger charge is -2.25. The molecule has 2 heterocycles. The van der Waals surface area contributed by atoms with E-state index in [1.54, 1.807) is 26.4 Å². The molecular weight excluding hydrogens is 380 g/mol. The van der Waals surface area contributed by atoms with Crippen LogP contribution in [0.4, 0.5) is 0 Å². The average Bonchev–Trinajstić information content (AvgIpc) is 3.22. The monoisotopic (exact) mass is 406 g/mol. The molecule has 0 aliphatic carbocycles. The number of ether oxygens (including phenoxy) is 2. The molecule has 1 saturated heterocycles. The van der Waals surface area contributed by atoms with E-state index in [2.05, 4.69) is 16.5 Å². The number of aromatic nitrogens is 1. The van der Waals surface area contributed by atoms with Crippen molar-refractivity contribution in [3.63, 3.8) is 0 Å². The molecule has 1 unspecified atom stereocenters. The third-order valence-corrected chi connectivity index (χ3v) is 6.72. The summed E-state index contributed by atoms with van der Waals surface area (Å²) in [7, 11) is 0.224. The molecule has 2 aromatic rings. The lowest BCUT2D eigenvalue weighted by molar-refractivity contribution is 0.223. The number of aryl methyl sites for hydroxylation is 1. The van der Waals surface area contributed by atoms with Gasteiger partial charge in [-0.25, -0.2) is 13.4 Å². The van der Waals surface area contributed by atoms with Gasteiger partial charge in [-0.2, -0.15) is 0 Å². The number of methoxy groups -OCH3 is 2. The van der Waals surface area contributed by atoms with Crippen LogP contribution in [-0.2, 0) is 16.4 Å². The van der Waals surface area contributed by atoms with Crippen molar-refractivity contribution in [2.24, 2.45) is 0 Å². The Labute approximate surface area is 165 Å². The maximum atomic E-state index is 11.9. The van der Waals surface area contributed by atoms with Crippen molar-refractivity contribution in [2.45, 2.75) is 25.9 Å². The standard InChI is InChI=1S/C20H26N2O5S/c1-5-9-22(15-8-10-28(23,24)13-15)12-18-14(2)27-20(21-18)17-11-16(25-3)6-7-19(17)26-4/h5-7,11,15H,1,8-10,12-13H2,2-4H3. The number of nitrogens with zero attached hydrogens (tertiary/aromatic N) is 2. The molecule has 0 saturated carbocycles. The molecule has 1 fully saturated rings. The second-order valence-corrected chi connectivity index (χ2v) is 9.09. The highest BCUT2D eigenvalue weighted by atomic mass is 32.2. The SMILES string of the molecule is C=CCN(Cc1nc(-c2cc(OC)ccc2OC)oc1C)C1CCS(=O)(=O)C1. The number of sulfone groups is 1. The predicted molar refractivity (Wildman–Crippen MR) is 107 cm³/mol. The molecule has 28 heavy (non-hydrogen) atoms. The van der Waals surface area contributed by atoms with Crippen LogP contribution in [0.2, 0.25) is 0 Å². The minimum absolute atomic E-state index is 0.0334. The summed E-state index contributed by atoms with van der Waals surface area (Å²) >= 11 is 0. The molecular formula is C20H26N2O5S. The molecule has 0 amide bonds. The van der Waals surface area contributed by atoms with E-state index in [-0.39, 0.29) is 17.5 Å². The van der Waals surface area contributed by atoms with Gasteiger partial charge in [0.05, 0.1) is 37.0 Å². The van der Waals surface area contributed by atoms with Crippen molar-refractivity contribution in [1.82, 2.24) is 9.88 Å². The quantitative estimate of drug-likeness (QED) is 0.624. The van der Waals surface area contributed by atoms with E-state index in [1.807, 2.05) is 19.1 Å². The maximum absolute atomic E-state index is 11.9. The van der Waals surface area contributed by atoms with Crippen LogP contribution in [0, 0.1) is 6.92 Å². The molecule has 3 rings (SSSR count). The van der Waals surface area contributed by atoms with Gasteiger partial charge in [0, 0.05) is 19.1 Å². The summed E-state index contributed by atoms with van der Waals surface area (Å²) in [4.78, 5) is 6.76. The van der Waals surface area contributed by atoms with E-state index >= 15 is 0 Å². The first-order chi connectivity index (χ1) is 13.4. The highest BCUT2D eigenvalue weighted by molar-refractivity contribution is 7.91. The van der Waals surface area contributed by atoms with Crippen molar-refractivity contribution < 1.29 is 22.3 Å². The summed E-state index contributed by atoms with van der Waals surface area (Å²) in [5, 5.41) is 0. The molecule has 0 N–H and O–H groups in total. The zero-order valence-electron chi connectivity index (χ0n) is 16.5. The Morgan fingerprint density at radius 1 is 1.36 bits per heavy atom. The van der Waals surface area contributed by atoms with Gasteiger partial charge in [0.1, 0.15) is 17.3 Å². The lowest BCUT2D eigenvalue weighted by atomic mass is 10.2. The van der Waals surface area contributed by atoms with Crippen LogP contribution in [0.1, 0.15) is 17.9 Å². The summed E-state index contributed by atoms with van der Waals surface area (Å²) in [5.41, 5.74) is 1.47. The number of rotatable bonds is 8. The predicted octanol–water partition coefficient (Wildman–Crippen LogP) is 2.84. The van der Waals surface area contributed by atoms with Crippen LogP contribution < -0.4 is 9.47 Å². The number of hydrogen-bond donors (Lipinski definition) is 0. The maximum Gasteiger partial charge on any atom is 0.230 e. The minimum Gasteiger partial charge on any atom is -0.497 e. The zero-order chi connectivity index (χ0) is 20.3. The Balaban J connectivity index is 1.88. The van der Waals surface area contributed by atoms with Gasteiger partial charge in [-0.15, -0.1) is 6.58 Å². The highest BCUT2D eigenvalue weighted by Gasteiger charge is 2.32. The summed E-state index contributed by atoms with van der Waals surface area (Å²) in [6, 6.07) is 5.40. The van der Waals surface area contributed by atoms with Gasteiger partial charge in [-0.1, -0.05) is 6.08 Å². The van der Waals surface area contributed by atoms with E-state index in [1.165, 1.54) is 0 Å². The van der Waals surface area contributed by atoms with Gasteiger partial charge < -0.3 is 13.9 Å². The van der Waals surface area contributed by atoms with Crippen LogP contribution >= 0.6 is 0 Å². The molecule has 1 aromatic heterocycles. The van der Waals surface area contributed by atoms with Crippen LogP contribution in [0.3, 0.4) is 0 Å².